The van der Waals surface area contributed by atoms with Gasteiger partial charge in [0.2, 0.25) is 0 Å². The number of rotatable bonds is 5. The van der Waals surface area contributed by atoms with E-state index >= 15 is 4.39 Å². The molecule has 2 aromatic carbocycles. The van der Waals surface area contributed by atoms with Crippen molar-refractivity contribution in [3.63, 3.8) is 0 Å². The first-order chi connectivity index (χ1) is 10.3. The summed E-state index contributed by atoms with van der Waals surface area (Å²) < 4.78 is 20.8. The fourth-order valence-corrected chi connectivity index (χ4v) is 2.78. The Morgan fingerprint density at radius 1 is 1.14 bits per heavy atom. The first kappa shape index (κ1) is 13.9. The Morgan fingerprint density at radius 2 is 1.95 bits per heavy atom. The number of nitrogens with one attached hydrogen (secondary N) is 1. The van der Waals surface area contributed by atoms with Gasteiger partial charge in [0.1, 0.15) is 5.75 Å². The summed E-state index contributed by atoms with van der Waals surface area (Å²) in [5.41, 5.74) is 3.46. The average Bonchev–Trinajstić information content (AvgIpc) is 3.01. The third-order valence-electron chi connectivity index (χ3n) is 3.81. The molecular formula is C18H20FNO. The van der Waals surface area contributed by atoms with E-state index in [9.17, 15) is 0 Å². The van der Waals surface area contributed by atoms with Gasteiger partial charge in [0.25, 0.3) is 0 Å². The van der Waals surface area contributed by atoms with E-state index in [-0.39, 0.29) is 0 Å². The Kier molecular flexibility index (Phi) is 4.09. The van der Waals surface area contributed by atoms with Gasteiger partial charge in [-0.3, -0.25) is 0 Å². The van der Waals surface area contributed by atoms with Gasteiger partial charge in [-0.2, -0.15) is 0 Å². The summed E-state index contributed by atoms with van der Waals surface area (Å²) in [6.45, 7) is 3.53. The standard InChI is InChI=1S/C18H20FNO/c1-2-12-21-16-9-4-3-7-14(16)17(19)15-8-5-6-13-10-11-20-18(13)15/h3-9,17,20H,2,10-12H2,1H3. The molecule has 1 N–H and O–H groups in total. The Labute approximate surface area is 125 Å². The highest BCUT2D eigenvalue weighted by atomic mass is 19.1. The van der Waals surface area contributed by atoms with Crippen LogP contribution in [0.1, 0.15) is 36.2 Å². The Morgan fingerprint density at radius 3 is 2.81 bits per heavy atom. The molecule has 1 aliphatic rings. The minimum absolute atomic E-state index is 0.605. The maximum Gasteiger partial charge on any atom is 0.156 e. The zero-order valence-corrected chi connectivity index (χ0v) is 12.2. The fourth-order valence-electron chi connectivity index (χ4n) is 2.78. The van der Waals surface area contributed by atoms with Crippen molar-refractivity contribution in [1.29, 1.82) is 0 Å². The zero-order chi connectivity index (χ0) is 14.7. The highest BCUT2D eigenvalue weighted by Crippen LogP contribution is 2.39. The summed E-state index contributed by atoms with van der Waals surface area (Å²) in [7, 11) is 0. The maximum atomic E-state index is 15.1. The lowest BCUT2D eigenvalue weighted by Crippen LogP contribution is -2.04. The number of anilines is 1. The Bertz CT molecular complexity index is 626. The lowest BCUT2D eigenvalue weighted by molar-refractivity contribution is 0.302. The molecule has 1 aliphatic heterocycles. The van der Waals surface area contributed by atoms with Crippen molar-refractivity contribution in [1.82, 2.24) is 0 Å². The highest BCUT2D eigenvalue weighted by Gasteiger charge is 2.23. The molecule has 21 heavy (non-hydrogen) atoms. The van der Waals surface area contributed by atoms with Crippen LogP contribution in [0.2, 0.25) is 0 Å². The molecule has 110 valence electrons. The van der Waals surface area contributed by atoms with Crippen molar-refractivity contribution in [2.45, 2.75) is 25.9 Å². The third-order valence-corrected chi connectivity index (χ3v) is 3.81. The van der Waals surface area contributed by atoms with Crippen LogP contribution in [-0.2, 0) is 6.42 Å². The molecule has 0 bridgehead atoms. The van der Waals surface area contributed by atoms with Gasteiger partial charge in [0.05, 0.1) is 6.61 Å². The third kappa shape index (κ3) is 2.73. The van der Waals surface area contributed by atoms with Gasteiger partial charge in [0, 0.05) is 23.4 Å². The van der Waals surface area contributed by atoms with Crippen molar-refractivity contribution >= 4 is 5.69 Å². The minimum Gasteiger partial charge on any atom is -0.493 e. The second-order valence-electron chi connectivity index (χ2n) is 5.31. The first-order valence-electron chi connectivity index (χ1n) is 7.52. The van der Waals surface area contributed by atoms with Gasteiger partial charge in [-0.1, -0.05) is 43.3 Å². The molecule has 3 heteroatoms. The normalized spacial score (nSPS) is 14.4. The molecule has 2 nitrogen and oxygen atoms in total. The van der Waals surface area contributed by atoms with Gasteiger partial charge in [-0.25, -0.2) is 4.39 Å². The summed E-state index contributed by atoms with van der Waals surface area (Å²) >= 11 is 0. The molecule has 0 aliphatic carbocycles. The minimum atomic E-state index is -1.17. The van der Waals surface area contributed by atoms with Crippen LogP contribution in [0.4, 0.5) is 10.1 Å². The summed E-state index contributed by atoms with van der Waals surface area (Å²) in [5.74, 6) is 0.641. The van der Waals surface area contributed by atoms with Gasteiger partial charge in [0.15, 0.2) is 6.17 Å². The predicted octanol–water partition coefficient (Wildman–Crippen LogP) is 4.50. The van der Waals surface area contributed by atoms with E-state index in [0.717, 1.165) is 25.1 Å². The van der Waals surface area contributed by atoms with Crippen LogP contribution in [0.15, 0.2) is 42.5 Å². The van der Waals surface area contributed by atoms with Crippen molar-refractivity contribution in [3.8, 4) is 5.75 Å². The molecule has 0 saturated carbocycles. The van der Waals surface area contributed by atoms with E-state index < -0.39 is 6.17 Å². The molecule has 1 atom stereocenters. The van der Waals surface area contributed by atoms with Gasteiger partial charge in [-0.15, -0.1) is 0 Å². The van der Waals surface area contributed by atoms with Crippen molar-refractivity contribution in [2.24, 2.45) is 0 Å². The van der Waals surface area contributed by atoms with E-state index in [1.807, 2.05) is 43.3 Å². The van der Waals surface area contributed by atoms with E-state index in [4.69, 9.17) is 4.74 Å². The quantitative estimate of drug-likeness (QED) is 0.873. The second-order valence-corrected chi connectivity index (χ2v) is 5.31. The Balaban J connectivity index is 1.96. The summed E-state index contributed by atoms with van der Waals surface area (Å²) in [4.78, 5) is 0. The Hall–Kier alpha value is -2.03. The molecule has 0 amide bonds. The number of hydrogen-bond acceptors (Lipinski definition) is 2. The monoisotopic (exact) mass is 285 g/mol. The first-order valence-corrected chi connectivity index (χ1v) is 7.52. The number of halogens is 1. The molecule has 3 rings (SSSR count). The van der Waals surface area contributed by atoms with Crippen LogP contribution in [0, 0.1) is 0 Å². The van der Waals surface area contributed by atoms with E-state index in [0.29, 0.717) is 23.5 Å². The predicted molar refractivity (Wildman–Crippen MR) is 83.8 cm³/mol. The summed E-state index contributed by atoms with van der Waals surface area (Å²) in [6.07, 6.45) is 0.705. The van der Waals surface area contributed by atoms with Gasteiger partial charge in [-0.05, 0) is 24.5 Å². The smallest absolute Gasteiger partial charge is 0.156 e. The molecule has 0 radical (unpaired) electrons. The summed E-state index contributed by atoms with van der Waals surface area (Å²) in [5, 5.41) is 3.30. The lowest BCUT2D eigenvalue weighted by Gasteiger charge is -2.17. The van der Waals surface area contributed by atoms with Crippen molar-refractivity contribution in [2.75, 3.05) is 18.5 Å². The maximum absolute atomic E-state index is 15.1. The van der Waals surface area contributed by atoms with E-state index in [1.165, 1.54) is 5.56 Å². The number of ether oxygens (including phenoxy) is 1. The van der Waals surface area contributed by atoms with Crippen LogP contribution in [-0.4, -0.2) is 13.2 Å². The van der Waals surface area contributed by atoms with Crippen molar-refractivity contribution in [3.05, 3.63) is 59.2 Å². The van der Waals surface area contributed by atoms with Crippen molar-refractivity contribution < 1.29 is 9.13 Å². The fraction of sp³-hybridized carbons (Fsp3) is 0.333. The molecule has 0 aromatic heterocycles. The van der Waals surface area contributed by atoms with Crippen LogP contribution in [0.3, 0.4) is 0 Å². The average molecular weight is 285 g/mol. The molecule has 1 heterocycles. The van der Waals surface area contributed by atoms with E-state index in [1.54, 1.807) is 0 Å². The number of alkyl halides is 1. The number of benzene rings is 2. The largest absolute Gasteiger partial charge is 0.493 e. The van der Waals surface area contributed by atoms with E-state index in [2.05, 4.69) is 11.4 Å². The number of para-hydroxylation sites is 2. The molecule has 1 unspecified atom stereocenters. The number of hydrogen-bond donors (Lipinski definition) is 1. The van der Waals surface area contributed by atoms with Crippen LogP contribution in [0.5, 0.6) is 5.75 Å². The SMILES string of the molecule is CCCOc1ccccc1C(F)c1cccc2c1NCC2. The van der Waals surface area contributed by atoms with Gasteiger partial charge < -0.3 is 10.1 Å². The van der Waals surface area contributed by atoms with Gasteiger partial charge >= 0.3 is 0 Å². The molecule has 2 aromatic rings. The second kappa shape index (κ2) is 6.17. The zero-order valence-electron chi connectivity index (χ0n) is 12.2. The molecule has 0 spiro atoms. The summed E-state index contributed by atoms with van der Waals surface area (Å²) in [6, 6.07) is 13.2. The van der Waals surface area contributed by atoms with Crippen LogP contribution in [0.25, 0.3) is 0 Å². The molecule has 0 saturated heterocycles. The topological polar surface area (TPSA) is 21.3 Å². The van der Waals surface area contributed by atoms with Crippen LogP contribution < -0.4 is 10.1 Å². The molecule has 0 fully saturated rings. The molecular weight excluding hydrogens is 265 g/mol. The number of fused-ring (bicyclic) bond motifs is 1. The highest BCUT2D eigenvalue weighted by molar-refractivity contribution is 5.63. The lowest BCUT2D eigenvalue weighted by atomic mass is 9.98. The van der Waals surface area contributed by atoms with Crippen LogP contribution >= 0.6 is 0 Å².